The molecule has 1 saturated heterocycles. The maximum absolute atomic E-state index is 5.36. The Morgan fingerprint density at radius 2 is 1.97 bits per heavy atom. The molecule has 0 bridgehead atoms. The molecule has 0 aromatic carbocycles. The number of aromatic nitrogens is 1. The molecular formula is C22H38IN5O. The molecule has 1 aromatic rings. The first-order valence-corrected chi connectivity index (χ1v) is 11.0. The summed E-state index contributed by atoms with van der Waals surface area (Å²) in [7, 11) is 1.80. The molecule has 7 heteroatoms. The van der Waals surface area contributed by atoms with Gasteiger partial charge in [0.05, 0.1) is 6.54 Å². The average molecular weight is 515 g/mol. The number of pyridine rings is 1. The van der Waals surface area contributed by atoms with Gasteiger partial charge in [-0.15, -0.1) is 24.0 Å². The quantitative estimate of drug-likeness (QED) is 0.296. The number of ether oxygens (including phenoxy) is 1. The van der Waals surface area contributed by atoms with Crippen molar-refractivity contribution in [3.05, 3.63) is 23.9 Å². The van der Waals surface area contributed by atoms with E-state index in [4.69, 9.17) is 9.73 Å². The maximum atomic E-state index is 5.36. The highest BCUT2D eigenvalue weighted by Crippen LogP contribution is 2.40. The first-order valence-electron chi connectivity index (χ1n) is 11.0. The molecule has 2 heterocycles. The van der Waals surface area contributed by atoms with Crippen LogP contribution in [0, 0.1) is 5.41 Å². The van der Waals surface area contributed by atoms with Gasteiger partial charge in [0.1, 0.15) is 5.82 Å². The molecule has 1 aliphatic carbocycles. The van der Waals surface area contributed by atoms with Crippen LogP contribution in [0.1, 0.15) is 57.4 Å². The number of rotatable bonds is 9. The average Bonchev–Trinajstić information content (AvgIpc) is 3.42. The molecule has 164 valence electrons. The fraction of sp³-hybridized carbons (Fsp3) is 0.727. The zero-order valence-corrected chi connectivity index (χ0v) is 20.4. The zero-order chi connectivity index (χ0) is 19.7. The van der Waals surface area contributed by atoms with Crippen molar-refractivity contribution in [1.82, 2.24) is 15.6 Å². The van der Waals surface area contributed by atoms with Crippen LogP contribution in [0.3, 0.4) is 0 Å². The summed E-state index contributed by atoms with van der Waals surface area (Å²) in [6.45, 7) is 7.70. The Morgan fingerprint density at radius 3 is 2.66 bits per heavy atom. The van der Waals surface area contributed by atoms with Crippen molar-refractivity contribution in [2.24, 2.45) is 10.4 Å². The Balaban J connectivity index is 0.00000300. The van der Waals surface area contributed by atoms with E-state index in [-0.39, 0.29) is 24.0 Å². The lowest BCUT2D eigenvalue weighted by atomic mass is 9.83. The van der Waals surface area contributed by atoms with Crippen LogP contribution in [0.5, 0.6) is 0 Å². The maximum Gasteiger partial charge on any atom is 0.191 e. The second kappa shape index (κ2) is 12.6. The fourth-order valence-corrected chi connectivity index (χ4v) is 4.42. The van der Waals surface area contributed by atoms with Crippen LogP contribution in [-0.2, 0) is 11.3 Å². The first kappa shape index (κ1) is 24.2. The predicted molar refractivity (Wildman–Crippen MR) is 131 cm³/mol. The minimum atomic E-state index is 0. The van der Waals surface area contributed by atoms with Gasteiger partial charge in [-0.3, -0.25) is 0 Å². The van der Waals surface area contributed by atoms with E-state index in [1.165, 1.54) is 44.1 Å². The first-order chi connectivity index (χ1) is 13.7. The van der Waals surface area contributed by atoms with Crippen LogP contribution in [0.2, 0.25) is 0 Å². The minimum Gasteiger partial charge on any atom is -0.385 e. The van der Waals surface area contributed by atoms with Crippen LogP contribution in [0.4, 0.5) is 5.82 Å². The van der Waals surface area contributed by atoms with Gasteiger partial charge >= 0.3 is 0 Å². The molecule has 0 radical (unpaired) electrons. The van der Waals surface area contributed by atoms with Crippen molar-refractivity contribution in [2.75, 3.05) is 44.8 Å². The van der Waals surface area contributed by atoms with E-state index in [0.29, 0.717) is 12.0 Å². The second-order valence-corrected chi connectivity index (χ2v) is 8.22. The van der Waals surface area contributed by atoms with Gasteiger partial charge in [-0.2, -0.15) is 0 Å². The third-order valence-corrected chi connectivity index (χ3v) is 6.14. The molecule has 0 unspecified atom stereocenters. The van der Waals surface area contributed by atoms with Crippen LogP contribution in [-0.4, -0.2) is 50.8 Å². The van der Waals surface area contributed by atoms with Crippen molar-refractivity contribution >= 4 is 35.8 Å². The molecule has 0 atom stereocenters. The number of nitrogens with zero attached hydrogens (tertiary/aromatic N) is 3. The van der Waals surface area contributed by atoms with Crippen LogP contribution < -0.4 is 15.5 Å². The summed E-state index contributed by atoms with van der Waals surface area (Å²) in [5.41, 5.74) is 1.57. The molecule has 0 spiro atoms. The summed E-state index contributed by atoms with van der Waals surface area (Å²) >= 11 is 0. The summed E-state index contributed by atoms with van der Waals surface area (Å²) in [5.74, 6) is 2.00. The highest BCUT2D eigenvalue weighted by atomic mass is 127. The highest BCUT2D eigenvalue weighted by Gasteiger charge is 2.33. The molecule has 2 aliphatic rings. The molecule has 2 fully saturated rings. The topological polar surface area (TPSA) is 61.8 Å². The van der Waals surface area contributed by atoms with Crippen molar-refractivity contribution < 1.29 is 4.74 Å². The zero-order valence-electron chi connectivity index (χ0n) is 18.1. The molecule has 1 aliphatic heterocycles. The van der Waals surface area contributed by atoms with Crippen molar-refractivity contribution in [3.63, 3.8) is 0 Å². The third kappa shape index (κ3) is 7.27. The van der Waals surface area contributed by atoms with Crippen LogP contribution in [0.15, 0.2) is 23.3 Å². The summed E-state index contributed by atoms with van der Waals surface area (Å²) < 4.78 is 5.36. The molecule has 6 nitrogen and oxygen atoms in total. The number of aliphatic imine (C=N–C) groups is 1. The lowest BCUT2D eigenvalue weighted by molar-refractivity contribution is 0.138. The second-order valence-electron chi connectivity index (χ2n) is 8.22. The van der Waals surface area contributed by atoms with Gasteiger partial charge in [-0.25, -0.2) is 9.98 Å². The number of hydrogen-bond acceptors (Lipinski definition) is 4. The van der Waals surface area contributed by atoms with Gasteiger partial charge in [0.2, 0.25) is 0 Å². The number of guanidine groups is 1. The van der Waals surface area contributed by atoms with Crippen molar-refractivity contribution in [1.29, 1.82) is 0 Å². The van der Waals surface area contributed by atoms with E-state index in [2.05, 4.69) is 39.6 Å². The van der Waals surface area contributed by atoms with Gasteiger partial charge in [0.15, 0.2) is 5.96 Å². The number of methoxy groups -OCH3 is 1. The summed E-state index contributed by atoms with van der Waals surface area (Å²) in [5, 5.41) is 7.01. The van der Waals surface area contributed by atoms with E-state index in [9.17, 15) is 0 Å². The molecule has 2 N–H and O–H groups in total. The number of nitrogens with one attached hydrogen (secondary N) is 2. The fourth-order valence-electron chi connectivity index (χ4n) is 4.42. The van der Waals surface area contributed by atoms with Gasteiger partial charge in [0, 0.05) is 46.1 Å². The van der Waals surface area contributed by atoms with E-state index in [1.54, 1.807) is 7.11 Å². The van der Waals surface area contributed by atoms with E-state index < -0.39 is 0 Å². The molecule has 3 rings (SSSR count). The van der Waals surface area contributed by atoms with Gasteiger partial charge in [0.25, 0.3) is 0 Å². The Labute approximate surface area is 193 Å². The predicted octanol–water partition coefficient (Wildman–Crippen LogP) is 3.95. The monoisotopic (exact) mass is 515 g/mol. The van der Waals surface area contributed by atoms with Gasteiger partial charge < -0.3 is 20.3 Å². The normalized spacial score (nSPS) is 18.6. The van der Waals surface area contributed by atoms with Crippen molar-refractivity contribution in [2.45, 2.75) is 58.4 Å². The van der Waals surface area contributed by atoms with E-state index in [0.717, 1.165) is 51.0 Å². The van der Waals surface area contributed by atoms with Gasteiger partial charge in [-0.05, 0) is 62.1 Å². The molecular weight excluding hydrogens is 477 g/mol. The van der Waals surface area contributed by atoms with Gasteiger partial charge in [-0.1, -0.05) is 12.8 Å². The van der Waals surface area contributed by atoms with Crippen LogP contribution in [0.25, 0.3) is 0 Å². The Kier molecular flexibility index (Phi) is 10.5. The van der Waals surface area contributed by atoms with Crippen LogP contribution >= 0.6 is 24.0 Å². The lowest BCUT2D eigenvalue weighted by Gasteiger charge is -2.30. The third-order valence-electron chi connectivity index (χ3n) is 6.14. The standard InChI is InChI=1S/C22H37N5O.HI/c1-3-23-21(26-18-22(11-15-28-2)9-4-5-10-22)25-17-19-8-12-24-20(16-19)27-13-6-7-14-27;/h8,12,16H,3-7,9-11,13-15,17-18H2,1-2H3,(H2,23,25,26);1H. The molecule has 29 heavy (non-hydrogen) atoms. The lowest BCUT2D eigenvalue weighted by Crippen LogP contribution is -2.43. The SMILES string of the molecule is CCNC(=NCc1ccnc(N2CCCC2)c1)NCC1(CCOC)CCCC1.I. The summed E-state index contributed by atoms with van der Waals surface area (Å²) in [4.78, 5) is 11.8. The van der Waals surface area contributed by atoms with Crippen molar-refractivity contribution in [3.8, 4) is 0 Å². The largest absolute Gasteiger partial charge is 0.385 e. The minimum absolute atomic E-state index is 0. The smallest absolute Gasteiger partial charge is 0.191 e. The Bertz CT molecular complexity index is 627. The molecule has 1 aromatic heterocycles. The van der Waals surface area contributed by atoms with E-state index in [1.807, 2.05) is 6.20 Å². The number of hydrogen-bond donors (Lipinski definition) is 2. The summed E-state index contributed by atoms with van der Waals surface area (Å²) in [6.07, 6.45) is 10.8. The Hall–Kier alpha value is -1.09. The number of anilines is 1. The summed E-state index contributed by atoms with van der Waals surface area (Å²) in [6, 6.07) is 4.26. The molecule has 0 amide bonds. The highest BCUT2D eigenvalue weighted by molar-refractivity contribution is 14.0. The van der Waals surface area contributed by atoms with E-state index >= 15 is 0 Å². The number of halogens is 1. The molecule has 1 saturated carbocycles. The Morgan fingerprint density at radius 1 is 1.21 bits per heavy atom.